The van der Waals surface area contributed by atoms with Crippen LogP contribution in [0.4, 0.5) is 0 Å². The second-order valence-electron chi connectivity index (χ2n) is 4.78. The first-order valence-corrected chi connectivity index (χ1v) is 7.89. The summed E-state index contributed by atoms with van der Waals surface area (Å²) < 4.78 is 10.6. The number of rotatable bonds is 10. The molecule has 132 valence electrons. The van der Waals surface area contributed by atoms with E-state index in [1.807, 2.05) is 12.1 Å². The van der Waals surface area contributed by atoms with Gasteiger partial charge in [0.1, 0.15) is 6.61 Å². The minimum atomic E-state index is 0. The molecule has 0 amide bonds. The highest BCUT2D eigenvalue weighted by molar-refractivity contribution is 14.0. The number of unbranched alkanes of at least 4 members (excludes halogenated alkanes) is 1. The molecule has 0 aliphatic carbocycles. The van der Waals surface area contributed by atoms with Crippen LogP contribution in [0, 0.1) is 0 Å². The van der Waals surface area contributed by atoms with E-state index in [2.05, 4.69) is 34.5 Å². The number of pyridine rings is 1. The first kappa shape index (κ1) is 21.9. The van der Waals surface area contributed by atoms with Gasteiger partial charge in [-0.1, -0.05) is 19.4 Å². The minimum absolute atomic E-state index is 0. The Morgan fingerprint density at radius 3 is 2.78 bits per heavy atom. The molecular formula is C16H29IN4O2. The minimum Gasteiger partial charge on any atom is -0.475 e. The molecule has 6 nitrogen and oxygen atoms in total. The smallest absolute Gasteiger partial charge is 0.218 e. The number of ether oxygens (including phenoxy) is 2. The Hall–Kier alpha value is -1.09. The Labute approximate surface area is 156 Å². The van der Waals surface area contributed by atoms with Gasteiger partial charge in [-0.3, -0.25) is 0 Å². The third-order valence-corrected chi connectivity index (χ3v) is 2.95. The molecule has 0 atom stereocenters. The van der Waals surface area contributed by atoms with Crippen LogP contribution in [0.5, 0.6) is 5.88 Å². The van der Waals surface area contributed by atoms with Crippen molar-refractivity contribution in [1.82, 2.24) is 15.6 Å². The lowest BCUT2D eigenvalue weighted by Gasteiger charge is -2.12. The van der Waals surface area contributed by atoms with Gasteiger partial charge in [-0.15, -0.1) is 24.0 Å². The van der Waals surface area contributed by atoms with Gasteiger partial charge in [-0.05, 0) is 19.4 Å². The number of nitrogens with zero attached hydrogens (tertiary/aromatic N) is 2. The third-order valence-electron chi connectivity index (χ3n) is 2.95. The van der Waals surface area contributed by atoms with Crippen LogP contribution in [0.3, 0.4) is 0 Å². The number of halogens is 1. The molecule has 0 saturated heterocycles. The average molecular weight is 436 g/mol. The number of methoxy groups -OCH3 is 1. The summed E-state index contributed by atoms with van der Waals surface area (Å²) in [5.74, 6) is 1.44. The molecule has 1 rings (SSSR count). The summed E-state index contributed by atoms with van der Waals surface area (Å²) in [5, 5.41) is 6.56. The van der Waals surface area contributed by atoms with E-state index in [0.717, 1.165) is 37.5 Å². The Morgan fingerprint density at radius 1 is 1.26 bits per heavy atom. The highest BCUT2D eigenvalue weighted by Gasteiger charge is 2.05. The molecule has 0 aliphatic rings. The summed E-state index contributed by atoms with van der Waals surface area (Å²) in [6, 6.07) is 3.87. The van der Waals surface area contributed by atoms with Crippen molar-refractivity contribution in [3.8, 4) is 5.88 Å². The van der Waals surface area contributed by atoms with Gasteiger partial charge in [0, 0.05) is 32.0 Å². The van der Waals surface area contributed by atoms with E-state index in [9.17, 15) is 0 Å². The first-order valence-electron chi connectivity index (χ1n) is 7.89. The highest BCUT2D eigenvalue weighted by Crippen LogP contribution is 2.15. The van der Waals surface area contributed by atoms with E-state index < -0.39 is 0 Å². The van der Waals surface area contributed by atoms with Crippen molar-refractivity contribution in [2.75, 3.05) is 33.4 Å². The van der Waals surface area contributed by atoms with E-state index in [-0.39, 0.29) is 24.0 Å². The Bertz CT molecular complexity index is 444. The van der Waals surface area contributed by atoms with Crippen molar-refractivity contribution >= 4 is 29.9 Å². The average Bonchev–Trinajstić information content (AvgIpc) is 2.54. The summed E-state index contributed by atoms with van der Waals surface area (Å²) in [7, 11) is 1.65. The van der Waals surface area contributed by atoms with Crippen LogP contribution in [0.1, 0.15) is 32.3 Å². The number of aromatic nitrogens is 1. The third kappa shape index (κ3) is 9.60. The quantitative estimate of drug-likeness (QED) is 0.256. The molecule has 7 heteroatoms. The largest absolute Gasteiger partial charge is 0.475 e. The zero-order valence-corrected chi connectivity index (χ0v) is 16.6. The molecule has 0 unspecified atom stereocenters. The highest BCUT2D eigenvalue weighted by atomic mass is 127. The SMILES string of the molecule is CCCCNC(=NCc1cccnc1OCCOC)NCC.I. The maximum atomic E-state index is 5.62. The molecule has 0 saturated carbocycles. The van der Waals surface area contributed by atoms with Gasteiger partial charge in [0.15, 0.2) is 5.96 Å². The van der Waals surface area contributed by atoms with Crippen LogP contribution in [-0.2, 0) is 11.3 Å². The van der Waals surface area contributed by atoms with Crippen LogP contribution >= 0.6 is 24.0 Å². The lowest BCUT2D eigenvalue weighted by Crippen LogP contribution is -2.37. The Kier molecular flexibility index (Phi) is 13.8. The summed E-state index contributed by atoms with van der Waals surface area (Å²) in [6.07, 6.45) is 4.01. The van der Waals surface area contributed by atoms with Gasteiger partial charge < -0.3 is 20.1 Å². The zero-order chi connectivity index (χ0) is 16.0. The lowest BCUT2D eigenvalue weighted by molar-refractivity contribution is 0.143. The predicted octanol–water partition coefficient (Wildman–Crippen LogP) is 2.58. The number of hydrogen-bond acceptors (Lipinski definition) is 4. The molecule has 0 aromatic carbocycles. The summed E-state index contributed by atoms with van der Waals surface area (Å²) in [4.78, 5) is 8.85. The van der Waals surface area contributed by atoms with Crippen molar-refractivity contribution in [1.29, 1.82) is 0 Å². The summed E-state index contributed by atoms with van der Waals surface area (Å²) in [5.41, 5.74) is 0.964. The Morgan fingerprint density at radius 2 is 2.09 bits per heavy atom. The van der Waals surface area contributed by atoms with Crippen LogP contribution in [-0.4, -0.2) is 44.4 Å². The molecule has 0 spiro atoms. The van der Waals surface area contributed by atoms with E-state index in [4.69, 9.17) is 9.47 Å². The van der Waals surface area contributed by atoms with Gasteiger partial charge in [-0.25, -0.2) is 9.98 Å². The fourth-order valence-electron chi connectivity index (χ4n) is 1.79. The zero-order valence-electron chi connectivity index (χ0n) is 14.3. The van der Waals surface area contributed by atoms with Crippen molar-refractivity contribution in [2.24, 2.45) is 4.99 Å². The Balaban J connectivity index is 0.00000484. The number of hydrogen-bond donors (Lipinski definition) is 2. The van der Waals surface area contributed by atoms with Gasteiger partial charge in [0.2, 0.25) is 5.88 Å². The monoisotopic (exact) mass is 436 g/mol. The molecular weight excluding hydrogens is 407 g/mol. The van der Waals surface area contributed by atoms with E-state index >= 15 is 0 Å². The van der Waals surface area contributed by atoms with Crippen LogP contribution in [0.25, 0.3) is 0 Å². The topological polar surface area (TPSA) is 67.8 Å². The van der Waals surface area contributed by atoms with Crippen LogP contribution in [0.2, 0.25) is 0 Å². The number of nitrogens with one attached hydrogen (secondary N) is 2. The number of aliphatic imine (C=N–C) groups is 1. The maximum absolute atomic E-state index is 5.62. The second kappa shape index (κ2) is 14.5. The molecule has 1 heterocycles. The van der Waals surface area contributed by atoms with E-state index in [1.54, 1.807) is 13.3 Å². The van der Waals surface area contributed by atoms with Crippen LogP contribution in [0.15, 0.2) is 23.3 Å². The lowest BCUT2D eigenvalue weighted by atomic mass is 10.3. The molecule has 0 radical (unpaired) electrons. The van der Waals surface area contributed by atoms with E-state index in [1.165, 1.54) is 0 Å². The number of guanidine groups is 1. The molecule has 2 N–H and O–H groups in total. The van der Waals surface area contributed by atoms with Gasteiger partial charge in [0.05, 0.1) is 13.2 Å². The molecule has 1 aromatic rings. The summed E-state index contributed by atoms with van der Waals surface area (Å²) >= 11 is 0. The van der Waals surface area contributed by atoms with E-state index in [0.29, 0.717) is 25.6 Å². The maximum Gasteiger partial charge on any atom is 0.218 e. The molecule has 23 heavy (non-hydrogen) atoms. The molecule has 0 aliphatic heterocycles. The predicted molar refractivity (Wildman–Crippen MR) is 105 cm³/mol. The van der Waals surface area contributed by atoms with Crippen LogP contribution < -0.4 is 15.4 Å². The van der Waals surface area contributed by atoms with Gasteiger partial charge in [-0.2, -0.15) is 0 Å². The molecule has 0 fully saturated rings. The van der Waals surface area contributed by atoms with Crippen molar-refractivity contribution in [2.45, 2.75) is 33.2 Å². The van der Waals surface area contributed by atoms with Crippen molar-refractivity contribution in [3.63, 3.8) is 0 Å². The molecule has 1 aromatic heterocycles. The van der Waals surface area contributed by atoms with Crippen molar-refractivity contribution in [3.05, 3.63) is 23.9 Å². The van der Waals surface area contributed by atoms with Gasteiger partial charge in [0.25, 0.3) is 0 Å². The first-order chi connectivity index (χ1) is 10.8. The summed E-state index contributed by atoms with van der Waals surface area (Å²) in [6.45, 7) is 7.54. The fraction of sp³-hybridized carbons (Fsp3) is 0.625. The fourth-order valence-corrected chi connectivity index (χ4v) is 1.79. The standard InChI is InChI=1S/C16H28N4O2.HI/c1-4-6-9-19-16(17-5-2)20-13-14-8-7-10-18-15(14)22-12-11-21-3;/h7-8,10H,4-6,9,11-13H2,1-3H3,(H2,17,19,20);1H. The molecule has 0 bridgehead atoms. The van der Waals surface area contributed by atoms with Crippen molar-refractivity contribution < 1.29 is 9.47 Å². The second-order valence-corrected chi connectivity index (χ2v) is 4.78. The normalized spacial score (nSPS) is 10.8. The van der Waals surface area contributed by atoms with Gasteiger partial charge >= 0.3 is 0 Å².